The third kappa shape index (κ3) is 4.90. The summed E-state index contributed by atoms with van der Waals surface area (Å²) in [5.41, 5.74) is 2.56. The SMILES string of the molecule is N#Cc1cccc(C(=O)N2CC[C@H](N(CC3CCCCC3)c3ccc(C#N)c(Cl)c3)C2)c1. The van der Waals surface area contributed by atoms with Crippen LogP contribution in [0.3, 0.4) is 0 Å². The van der Waals surface area contributed by atoms with Crippen molar-refractivity contribution in [3.05, 3.63) is 64.2 Å². The first-order chi connectivity index (χ1) is 15.6. The summed E-state index contributed by atoms with van der Waals surface area (Å²) in [6.45, 7) is 2.27. The molecule has 1 saturated carbocycles. The van der Waals surface area contributed by atoms with E-state index in [-0.39, 0.29) is 11.9 Å². The largest absolute Gasteiger partial charge is 0.366 e. The van der Waals surface area contributed by atoms with E-state index in [1.807, 2.05) is 17.0 Å². The van der Waals surface area contributed by atoms with E-state index in [2.05, 4.69) is 17.0 Å². The highest BCUT2D eigenvalue weighted by atomic mass is 35.5. The Hall–Kier alpha value is -3.02. The lowest BCUT2D eigenvalue weighted by molar-refractivity contribution is 0.0790. The van der Waals surface area contributed by atoms with Gasteiger partial charge in [0.15, 0.2) is 0 Å². The number of hydrogen-bond donors (Lipinski definition) is 0. The Kier molecular flexibility index (Phi) is 6.98. The van der Waals surface area contributed by atoms with Crippen molar-refractivity contribution in [2.45, 2.75) is 44.6 Å². The minimum atomic E-state index is -0.0277. The summed E-state index contributed by atoms with van der Waals surface area (Å²) in [5.74, 6) is 0.607. The molecule has 2 aromatic carbocycles. The van der Waals surface area contributed by atoms with Crippen LogP contribution in [0.1, 0.15) is 60.0 Å². The number of carbonyl (C=O) groups is 1. The smallest absolute Gasteiger partial charge is 0.253 e. The molecule has 1 atom stereocenters. The van der Waals surface area contributed by atoms with Crippen molar-refractivity contribution < 1.29 is 4.79 Å². The van der Waals surface area contributed by atoms with Crippen LogP contribution in [0.5, 0.6) is 0 Å². The van der Waals surface area contributed by atoms with Crippen molar-refractivity contribution in [3.63, 3.8) is 0 Å². The van der Waals surface area contributed by atoms with E-state index in [1.54, 1.807) is 30.3 Å². The van der Waals surface area contributed by atoms with Gasteiger partial charge in [-0.2, -0.15) is 10.5 Å². The van der Waals surface area contributed by atoms with Crippen LogP contribution >= 0.6 is 11.6 Å². The Balaban J connectivity index is 1.54. The number of amides is 1. The minimum absolute atomic E-state index is 0.0277. The predicted octanol–water partition coefficient (Wildman–Crippen LogP) is 5.38. The van der Waals surface area contributed by atoms with Gasteiger partial charge in [0.05, 0.1) is 22.2 Å². The van der Waals surface area contributed by atoms with Crippen LogP contribution in [-0.4, -0.2) is 36.5 Å². The summed E-state index contributed by atoms with van der Waals surface area (Å²) in [5, 5.41) is 18.9. The zero-order valence-electron chi connectivity index (χ0n) is 18.1. The molecule has 0 unspecified atom stereocenters. The van der Waals surface area contributed by atoms with E-state index in [4.69, 9.17) is 16.9 Å². The molecule has 0 bridgehead atoms. The Bertz CT molecular complexity index is 1060. The third-order valence-electron chi connectivity index (χ3n) is 6.71. The molecular formula is C26H27ClN4O. The van der Waals surface area contributed by atoms with Crippen molar-refractivity contribution in [3.8, 4) is 12.1 Å². The van der Waals surface area contributed by atoms with Gasteiger partial charge in [-0.25, -0.2) is 0 Å². The van der Waals surface area contributed by atoms with Gasteiger partial charge in [-0.15, -0.1) is 0 Å². The number of benzene rings is 2. The van der Waals surface area contributed by atoms with Gasteiger partial charge < -0.3 is 9.80 Å². The number of anilines is 1. The highest BCUT2D eigenvalue weighted by molar-refractivity contribution is 6.32. The normalized spacial score (nSPS) is 18.7. The maximum Gasteiger partial charge on any atom is 0.253 e. The van der Waals surface area contributed by atoms with E-state index >= 15 is 0 Å². The average molecular weight is 447 g/mol. The fourth-order valence-electron chi connectivity index (χ4n) is 4.97. The third-order valence-corrected chi connectivity index (χ3v) is 7.03. The molecule has 1 saturated heterocycles. The molecule has 2 aliphatic rings. The monoisotopic (exact) mass is 446 g/mol. The maximum atomic E-state index is 13.1. The van der Waals surface area contributed by atoms with E-state index in [1.165, 1.54) is 32.1 Å². The molecular weight excluding hydrogens is 420 g/mol. The topological polar surface area (TPSA) is 71.1 Å². The Morgan fingerprint density at radius 3 is 2.59 bits per heavy atom. The van der Waals surface area contributed by atoms with Gasteiger partial charge in [-0.05, 0) is 61.6 Å². The molecule has 1 aliphatic heterocycles. The fourth-order valence-corrected chi connectivity index (χ4v) is 5.19. The van der Waals surface area contributed by atoms with Crippen LogP contribution in [0.15, 0.2) is 42.5 Å². The zero-order valence-corrected chi connectivity index (χ0v) is 18.9. The van der Waals surface area contributed by atoms with Crippen LogP contribution in [0.2, 0.25) is 5.02 Å². The summed E-state index contributed by atoms with van der Waals surface area (Å²) in [6, 6.07) is 17.0. The molecule has 0 N–H and O–H groups in total. The first kappa shape index (κ1) is 22.2. The van der Waals surface area contributed by atoms with Crippen molar-refractivity contribution in [1.29, 1.82) is 10.5 Å². The van der Waals surface area contributed by atoms with Crippen LogP contribution < -0.4 is 4.90 Å². The second kappa shape index (κ2) is 10.1. The number of halogens is 1. The summed E-state index contributed by atoms with van der Waals surface area (Å²) in [7, 11) is 0. The van der Waals surface area contributed by atoms with Crippen molar-refractivity contribution in [1.82, 2.24) is 4.90 Å². The minimum Gasteiger partial charge on any atom is -0.366 e. The molecule has 1 amide bonds. The standard InChI is InChI=1S/C26H27ClN4O/c27-25-14-23(10-9-22(25)16-29)31(17-19-5-2-1-3-6-19)24-11-12-30(18-24)26(32)21-8-4-7-20(13-21)15-28/h4,7-10,13-14,19,24H,1-3,5-6,11-12,17-18H2/t24-/m0/s1. The van der Waals surface area contributed by atoms with Gasteiger partial charge >= 0.3 is 0 Å². The Labute approximate surface area is 194 Å². The summed E-state index contributed by atoms with van der Waals surface area (Å²) >= 11 is 6.37. The first-order valence-corrected chi connectivity index (χ1v) is 11.7. The quantitative estimate of drug-likeness (QED) is 0.617. The fraction of sp³-hybridized carbons (Fsp3) is 0.423. The maximum absolute atomic E-state index is 13.1. The zero-order chi connectivity index (χ0) is 22.5. The van der Waals surface area contributed by atoms with Gasteiger partial charge in [0.25, 0.3) is 5.91 Å². The lowest BCUT2D eigenvalue weighted by Gasteiger charge is -2.36. The number of nitriles is 2. The summed E-state index contributed by atoms with van der Waals surface area (Å²) in [6.07, 6.45) is 7.21. The van der Waals surface area contributed by atoms with Gasteiger partial charge in [-0.3, -0.25) is 4.79 Å². The average Bonchev–Trinajstić information content (AvgIpc) is 3.32. The number of hydrogen-bond acceptors (Lipinski definition) is 4. The molecule has 5 nitrogen and oxygen atoms in total. The van der Waals surface area contributed by atoms with E-state index < -0.39 is 0 Å². The molecule has 0 aromatic heterocycles. The molecule has 4 rings (SSSR count). The van der Waals surface area contributed by atoms with E-state index in [0.29, 0.717) is 40.7 Å². The highest BCUT2D eigenvalue weighted by Gasteiger charge is 2.32. The predicted molar refractivity (Wildman–Crippen MR) is 126 cm³/mol. The van der Waals surface area contributed by atoms with Gasteiger partial charge in [0.1, 0.15) is 6.07 Å². The molecule has 1 heterocycles. The Morgan fingerprint density at radius 2 is 1.88 bits per heavy atom. The molecule has 2 aromatic rings. The lowest BCUT2D eigenvalue weighted by Crippen LogP contribution is -2.42. The Morgan fingerprint density at radius 1 is 1.06 bits per heavy atom. The molecule has 0 spiro atoms. The van der Waals surface area contributed by atoms with E-state index in [0.717, 1.165) is 18.7 Å². The summed E-state index contributed by atoms with van der Waals surface area (Å²) in [4.78, 5) is 17.4. The van der Waals surface area contributed by atoms with Gasteiger partial charge in [0, 0.05) is 36.9 Å². The van der Waals surface area contributed by atoms with Gasteiger partial charge in [0.2, 0.25) is 0 Å². The second-order valence-electron chi connectivity index (χ2n) is 8.82. The summed E-state index contributed by atoms with van der Waals surface area (Å²) < 4.78 is 0. The number of likely N-dealkylation sites (tertiary alicyclic amines) is 1. The van der Waals surface area contributed by atoms with Crippen molar-refractivity contribution in [2.24, 2.45) is 5.92 Å². The number of carbonyl (C=O) groups excluding carboxylic acids is 1. The molecule has 1 aliphatic carbocycles. The second-order valence-corrected chi connectivity index (χ2v) is 9.23. The highest BCUT2D eigenvalue weighted by Crippen LogP contribution is 2.32. The van der Waals surface area contributed by atoms with Gasteiger partial charge in [-0.1, -0.05) is 36.9 Å². The molecule has 164 valence electrons. The molecule has 6 heteroatoms. The number of nitrogens with zero attached hydrogens (tertiary/aromatic N) is 4. The molecule has 0 radical (unpaired) electrons. The molecule has 2 fully saturated rings. The number of rotatable bonds is 5. The van der Waals surface area contributed by atoms with E-state index in [9.17, 15) is 10.1 Å². The van der Waals surface area contributed by atoms with Crippen LogP contribution in [0, 0.1) is 28.6 Å². The first-order valence-electron chi connectivity index (χ1n) is 11.3. The van der Waals surface area contributed by atoms with Crippen LogP contribution in [0.25, 0.3) is 0 Å². The molecule has 32 heavy (non-hydrogen) atoms. The van der Waals surface area contributed by atoms with Crippen LogP contribution in [-0.2, 0) is 0 Å². The lowest BCUT2D eigenvalue weighted by atomic mass is 9.88. The van der Waals surface area contributed by atoms with Crippen LogP contribution in [0.4, 0.5) is 5.69 Å². The van der Waals surface area contributed by atoms with Crippen molar-refractivity contribution in [2.75, 3.05) is 24.5 Å². The van der Waals surface area contributed by atoms with Crippen molar-refractivity contribution >= 4 is 23.2 Å².